The molecule has 21 heavy (non-hydrogen) atoms. The van der Waals surface area contributed by atoms with Gasteiger partial charge in [-0.05, 0) is 52.1 Å². The number of nitrogens with one attached hydrogen (secondary N) is 1. The van der Waals surface area contributed by atoms with Crippen molar-refractivity contribution < 1.29 is 4.79 Å². The second kappa shape index (κ2) is 11.1. The maximum Gasteiger partial charge on any atom is 0.222 e. The lowest BCUT2D eigenvalue weighted by molar-refractivity contribution is -0.133. The molecule has 1 N–H and O–H groups in total. The number of hydrogen-bond acceptors (Lipinski definition) is 2. The van der Waals surface area contributed by atoms with E-state index in [1.54, 1.807) is 0 Å². The predicted octanol–water partition coefficient (Wildman–Crippen LogP) is 3.97. The lowest BCUT2D eigenvalue weighted by atomic mass is 9.96. The molecule has 0 aromatic carbocycles. The van der Waals surface area contributed by atoms with Gasteiger partial charge in [-0.1, -0.05) is 39.0 Å². The maximum absolute atomic E-state index is 12.5. The van der Waals surface area contributed by atoms with Gasteiger partial charge in [-0.15, -0.1) is 0 Å². The summed E-state index contributed by atoms with van der Waals surface area (Å²) in [5.41, 5.74) is 0. The molecule has 0 aromatic heterocycles. The monoisotopic (exact) mass is 296 g/mol. The summed E-state index contributed by atoms with van der Waals surface area (Å²) in [6.07, 6.45) is 10.7. The lowest BCUT2D eigenvalue weighted by Gasteiger charge is -2.33. The van der Waals surface area contributed by atoms with Crippen LogP contribution in [0.25, 0.3) is 0 Å². The van der Waals surface area contributed by atoms with E-state index in [1.807, 2.05) is 0 Å². The van der Waals surface area contributed by atoms with Crippen LogP contribution in [0.5, 0.6) is 0 Å². The minimum Gasteiger partial charge on any atom is -0.340 e. The molecule has 0 unspecified atom stereocenters. The molecule has 1 saturated heterocycles. The van der Waals surface area contributed by atoms with Crippen LogP contribution in [0.15, 0.2) is 0 Å². The second-order valence-corrected chi connectivity index (χ2v) is 6.85. The molecule has 1 amide bonds. The highest BCUT2D eigenvalue weighted by molar-refractivity contribution is 5.76. The van der Waals surface area contributed by atoms with Crippen LogP contribution in [0.4, 0.5) is 0 Å². The van der Waals surface area contributed by atoms with Crippen molar-refractivity contribution in [3.8, 4) is 0 Å². The van der Waals surface area contributed by atoms with Crippen molar-refractivity contribution in [1.82, 2.24) is 10.2 Å². The van der Waals surface area contributed by atoms with Gasteiger partial charge in [0.05, 0.1) is 0 Å². The standard InChI is InChI=1S/C18H36N2O/c1-4-5-6-7-8-9-10-18(21)20(16(2)3)15-17-11-13-19-14-12-17/h16-17,19H,4-15H2,1-3H3. The van der Waals surface area contributed by atoms with E-state index in [4.69, 9.17) is 0 Å². The Hall–Kier alpha value is -0.570. The predicted molar refractivity (Wildman–Crippen MR) is 90.4 cm³/mol. The summed E-state index contributed by atoms with van der Waals surface area (Å²) in [6, 6.07) is 0.340. The van der Waals surface area contributed by atoms with E-state index in [9.17, 15) is 4.79 Å². The first-order chi connectivity index (χ1) is 10.1. The summed E-state index contributed by atoms with van der Waals surface area (Å²) in [5.74, 6) is 1.07. The molecule has 1 rings (SSSR count). The minimum atomic E-state index is 0.340. The summed E-state index contributed by atoms with van der Waals surface area (Å²) < 4.78 is 0. The molecule has 124 valence electrons. The molecule has 0 aromatic rings. The molecule has 0 radical (unpaired) electrons. The van der Waals surface area contributed by atoms with E-state index in [0.29, 0.717) is 17.9 Å². The van der Waals surface area contributed by atoms with Gasteiger partial charge in [-0.3, -0.25) is 4.79 Å². The first-order valence-electron chi connectivity index (χ1n) is 9.15. The van der Waals surface area contributed by atoms with Crippen LogP contribution in [0.3, 0.4) is 0 Å². The SMILES string of the molecule is CCCCCCCCC(=O)N(CC1CCNCC1)C(C)C. The minimum absolute atomic E-state index is 0.340. The fraction of sp³-hybridized carbons (Fsp3) is 0.944. The first-order valence-corrected chi connectivity index (χ1v) is 9.15. The highest BCUT2D eigenvalue weighted by Crippen LogP contribution is 2.17. The van der Waals surface area contributed by atoms with Gasteiger partial charge in [-0.2, -0.15) is 0 Å². The van der Waals surface area contributed by atoms with Crippen LogP contribution in [-0.2, 0) is 4.79 Å². The normalized spacial score (nSPS) is 16.4. The van der Waals surface area contributed by atoms with E-state index in [-0.39, 0.29) is 0 Å². The number of unbranched alkanes of at least 4 members (excludes halogenated alkanes) is 5. The Balaban J connectivity index is 2.25. The Morgan fingerprint density at radius 1 is 1.10 bits per heavy atom. The average molecular weight is 296 g/mol. The topological polar surface area (TPSA) is 32.3 Å². The van der Waals surface area contributed by atoms with Crippen molar-refractivity contribution in [3.05, 3.63) is 0 Å². The van der Waals surface area contributed by atoms with E-state index < -0.39 is 0 Å². The van der Waals surface area contributed by atoms with Crippen LogP contribution in [0.1, 0.15) is 78.6 Å². The Morgan fingerprint density at radius 2 is 1.71 bits per heavy atom. The van der Waals surface area contributed by atoms with E-state index in [1.165, 1.54) is 44.9 Å². The molecule has 0 saturated carbocycles. The van der Waals surface area contributed by atoms with Crippen LogP contribution >= 0.6 is 0 Å². The van der Waals surface area contributed by atoms with Crippen molar-refractivity contribution >= 4 is 5.91 Å². The molecular weight excluding hydrogens is 260 g/mol. The van der Waals surface area contributed by atoms with Crippen LogP contribution in [0.2, 0.25) is 0 Å². The summed E-state index contributed by atoms with van der Waals surface area (Å²) in [7, 11) is 0. The molecule has 0 spiro atoms. The summed E-state index contributed by atoms with van der Waals surface area (Å²) in [4.78, 5) is 14.6. The molecular formula is C18H36N2O. The Labute approximate surface area is 131 Å². The third-order valence-electron chi connectivity index (χ3n) is 4.60. The summed E-state index contributed by atoms with van der Waals surface area (Å²) in [6.45, 7) is 9.74. The lowest BCUT2D eigenvalue weighted by Crippen LogP contribution is -2.42. The van der Waals surface area contributed by atoms with Gasteiger partial charge in [-0.25, -0.2) is 0 Å². The van der Waals surface area contributed by atoms with Gasteiger partial charge in [0.25, 0.3) is 0 Å². The van der Waals surface area contributed by atoms with E-state index in [2.05, 4.69) is 31.0 Å². The molecule has 0 aliphatic carbocycles. The average Bonchev–Trinajstić information content (AvgIpc) is 2.49. The number of piperidine rings is 1. The smallest absolute Gasteiger partial charge is 0.222 e. The number of hydrogen-bond donors (Lipinski definition) is 1. The van der Waals surface area contributed by atoms with Crippen LogP contribution in [0, 0.1) is 5.92 Å². The highest BCUT2D eigenvalue weighted by atomic mass is 16.2. The Bertz CT molecular complexity index is 272. The molecule has 1 aliphatic rings. The second-order valence-electron chi connectivity index (χ2n) is 6.85. The maximum atomic E-state index is 12.5. The summed E-state index contributed by atoms with van der Waals surface area (Å²) >= 11 is 0. The van der Waals surface area contributed by atoms with Gasteiger partial charge in [0.1, 0.15) is 0 Å². The molecule has 1 aliphatic heterocycles. The molecule has 1 heterocycles. The zero-order chi connectivity index (χ0) is 15.5. The van der Waals surface area contributed by atoms with Crippen LogP contribution in [-0.4, -0.2) is 36.5 Å². The Morgan fingerprint density at radius 3 is 2.33 bits per heavy atom. The van der Waals surface area contributed by atoms with Crippen molar-refractivity contribution in [2.24, 2.45) is 5.92 Å². The molecule has 1 fully saturated rings. The highest BCUT2D eigenvalue weighted by Gasteiger charge is 2.22. The number of carbonyl (C=O) groups is 1. The number of carbonyl (C=O) groups excluding carboxylic acids is 1. The Kier molecular flexibility index (Phi) is 9.73. The van der Waals surface area contributed by atoms with E-state index in [0.717, 1.165) is 32.5 Å². The van der Waals surface area contributed by atoms with Crippen molar-refractivity contribution in [3.63, 3.8) is 0 Å². The van der Waals surface area contributed by atoms with Gasteiger partial charge in [0, 0.05) is 19.0 Å². The molecule has 0 atom stereocenters. The van der Waals surface area contributed by atoms with Gasteiger partial charge in [0.2, 0.25) is 5.91 Å². The van der Waals surface area contributed by atoms with Crippen LogP contribution < -0.4 is 5.32 Å². The zero-order valence-electron chi connectivity index (χ0n) is 14.5. The van der Waals surface area contributed by atoms with E-state index >= 15 is 0 Å². The zero-order valence-corrected chi connectivity index (χ0v) is 14.5. The van der Waals surface area contributed by atoms with Gasteiger partial charge >= 0.3 is 0 Å². The van der Waals surface area contributed by atoms with Gasteiger partial charge in [0.15, 0.2) is 0 Å². The number of amides is 1. The fourth-order valence-electron chi connectivity index (χ4n) is 3.14. The summed E-state index contributed by atoms with van der Waals surface area (Å²) in [5, 5.41) is 3.40. The third kappa shape index (κ3) is 7.85. The largest absolute Gasteiger partial charge is 0.340 e. The first kappa shape index (κ1) is 18.5. The van der Waals surface area contributed by atoms with Gasteiger partial charge < -0.3 is 10.2 Å². The number of nitrogens with zero attached hydrogens (tertiary/aromatic N) is 1. The number of rotatable bonds is 10. The molecule has 3 nitrogen and oxygen atoms in total. The van der Waals surface area contributed by atoms with Crippen molar-refractivity contribution in [1.29, 1.82) is 0 Å². The third-order valence-corrected chi connectivity index (χ3v) is 4.60. The quantitative estimate of drug-likeness (QED) is 0.619. The molecule has 3 heteroatoms. The molecule has 0 bridgehead atoms. The fourth-order valence-corrected chi connectivity index (χ4v) is 3.14. The van der Waals surface area contributed by atoms with Crippen molar-refractivity contribution in [2.75, 3.05) is 19.6 Å². The van der Waals surface area contributed by atoms with Crippen molar-refractivity contribution in [2.45, 2.75) is 84.6 Å².